The fraction of sp³-hybridized carbons (Fsp3) is 0.909. The van der Waals surface area contributed by atoms with Crippen LogP contribution in [-0.4, -0.2) is 51.6 Å². The Kier molecular flexibility index (Phi) is 3.50. The lowest BCUT2D eigenvalue weighted by Crippen LogP contribution is -2.57. The first-order valence-electron chi connectivity index (χ1n) is 5.50. The second-order valence-corrected chi connectivity index (χ2v) is 5.56. The van der Waals surface area contributed by atoms with Gasteiger partial charge in [-0.2, -0.15) is 0 Å². The van der Waals surface area contributed by atoms with Crippen LogP contribution in [0, 0.1) is 0 Å². The van der Waals surface area contributed by atoms with E-state index >= 15 is 0 Å². The van der Waals surface area contributed by atoms with Crippen LogP contribution < -0.4 is 0 Å². The minimum absolute atomic E-state index is 0.100. The monoisotopic (exact) mass is 231 g/mol. The maximum Gasteiger partial charge on any atom is 0.410 e. The first-order valence-corrected chi connectivity index (χ1v) is 5.50. The van der Waals surface area contributed by atoms with Gasteiger partial charge in [-0.3, -0.25) is 0 Å². The van der Waals surface area contributed by atoms with Gasteiger partial charge >= 0.3 is 6.09 Å². The minimum atomic E-state index is -1.25. The second-order valence-electron chi connectivity index (χ2n) is 5.56. The van der Waals surface area contributed by atoms with Gasteiger partial charge in [-0.25, -0.2) is 4.79 Å². The van der Waals surface area contributed by atoms with E-state index in [1.54, 1.807) is 20.8 Å². The zero-order valence-electron chi connectivity index (χ0n) is 10.4. The van der Waals surface area contributed by atoms with Crippen molar-refractivity contribution < 1.29 is 19.7 Å². The van der Waals surface area contributed by atoms with Crippen LogP contribution >= 0.6 is 0 Å². The molecule has 1 rings (SSSR count). The minimum Gasteiger partial charge on any atom is -0.444 e. The molecule has 5 heteroatoms. The SMILES string of the molecule is CC(C)(C)OC(=O)N1CCC(O)[C@](C)(O)C1. The number of carbonyl (C=O) groups is 1. The first-order chi connectivity index (χ1) is 7.12. The summed E-state index contributed by atoms with van der Waals surface area (Å²) in [6.07, 6.45) is -0.863. The molecule has 2 N–H and O–H groups in total. The first kappa shape index (κ1) is 13.3. The van der Waals surface area contributed by atoms with Crippen LogP contribution in [0.25, 0.3) is 0 Å². The standard InChI is InChI=1S/C11H21NO4/c1-10(2,3)16-9(14)12-6-5-8(13)11(4,15)7-12/h8,13,15H,5-7H2,1-4H3/t8?,11-/m1/s1. The maximum atomic E-state index is 11.7. The summed E-state index contributed by atoms with van der Waals surface area (Å²) in [5, 5.41) is 19.4. The molecular weight excluding hydrogens is 210 g/mol. The molecule has 1 aliphatic heterocycles. The summed E-state index contributed by atoms with van der Waals surface area (Å²) in [5.41, 5.74) is -1.80. The van der Waals surface area contributed by atoms with Crippen LogP contribution in [0.3, 0.4) is 0 Å². The van der Waals surface area contributed by atoms with Crippen LogP contribution in [-0.2, 0) is 4.74 Å². The van der Waals surface area contributed by atoms with E-state index in [1.807, 2.05) is 0 Å². The van der Waals surface area contributed by atoms with Gasteiger partial charge in [-0.05, 0) is 34.1 Å². The number of carbonyl (C=O) groups excluding carboxylic acids is 1. The molecule has 0 aromatic heterocycles. The summed E-state index contributed by atoms with van der Waals surface area (Å²) >= 11 is 0. The number of aliphatic hydroxyl groups is 2. The zero-order valence-corrected chi connectivity index (χ0v) is 10.4. The molecule has 0 radical (unpaired) electrons. The van der Waals surface area contributed by atoms with E-state index in [0.29, 0.717) is 13.0 Å². The molecule has 1 aliphatic rings. The number of hydrogen-bond acceptors (Lipinski definition) is 4. The third-order valence-electron chi connectivity index (χ3n) is 2.55. The van der Waals surface area contributed by atoms with Gasteiger partial charge in [0.25, 0.3) is 0 Å². The van der Waals surface area contributed by atoms with Crippen molar-refractivity contribution in [2.45, 2.75) is 51.4 Å². The zero-order chi connectivity index (χ0) is 12.6. The molecule has 1 fully saturated rings. The number of β-amino-alcohol motifs (C(OH)–C–C–N with tert-alkyl or cyclic N) is 1. The fourth-order valence-corrected chi connectivity index (χ4v) is 1.64. The van der Waals surface area contributed by atoms with E-state index in [0.717, 1.165) is 0 Å². The summed E-state index contributed by atoms with van der Waals surface area (Å²) in [4.78, 5) is 13.1. The van der Waals surface area contributed by atoms with Crippen LogP contribution in [0.2, 0.25) is 0 Å². The van der Waals surface area contributed by atoms with Gasteiger partial charge in [0, 0.05) is 6.54 Å². The Bertz CT molecular complexity index is 270. The van der Waals surface area contributed by atoms with Crippen molar-refractivity contribution in [3.05, 3.63) is 0 Å². The Morgan fingerprint density at radius 1 is 1.50 bits per heavy atom. The Balaban J connectivity index is 2.60. The molecule has 0 spiro atoms. The third-order valence-corrected chi connectivity index (χ3v) is 2.55. The van der Waals surface area contributed by atoms with Gasteiger partial charge in [-0.15, -0.1) is 0 Å². The Labute approximate surface area is 96.0 Å². The van der Waals surface area contributed by atoms with Gasteiger partial charge in [0.15, 0.2) is 0 Å². The highest BCUT2D eigenvalue weighted by atomic mass is 16.6. The van der Waals surface area contributed by atoms with Crippen molar-refractivity contribution in [3.63, 3.8) is 0 Å². The quantitative estimate of drug-likeness (QED) is 0.645. The molecule has 1 amide bonds. The van der Waals surface area contributed by atoms with Crippen LogP contribution in [0.1, 0.15) is 34.1 Å². The van der Waals surface area contributed by atoms with E-state index in [1.165, 1.54) is 11.8 Å². The molecule has 0 aliphatic carbocycles. The highest BCUT2D eigenvalue weighted by Crippen LogP contribution is 2.22. The van der Waals surface area contributed by atoms with E-state index < -0.39 is 23.4 Å². The highest BCUT2D eigenvalue weighted by Gasteiger charge is 2.39. The lowest BCUT2D eigenvalue weighted by molar-refractivity contribution is -0.108. The maximum absolute atomic E-state index is 11.7. The van der Waals surface area contributed by atoms with Crippen LogP contribution in [0.15, 0.2) is 0 Å². The molecule has 1 heterocycles. The van der Waals surface area contributed by atoms with Crippen molar-refractivity contribution in [1.82, 2.24) is 4.90 Å². The van der Waals surface area contributed by atoms with E-state index in [9.17, 15) is 15.0 Å². The normalized spacial score (nSPS) is 31.4. The van der Waals surface area contributed by atoms with Gasteiger partial charge < -0.3 is 19.8 Å². The van der Waals surface area contributed by atoms with Crippen LogP contribution in [0.5, 0.6) is 0 Å². The van der Waals surface area contributed by atoms with Gasteiger partial charge in [0.05, 0.1) is 12.6 Å². The molecule has 0 bridgehead atoms. The Morgan fingerprint density at radius 3 is 2.50 bits per heavy atom. The second kappa shape index (κ2) is 4.22. The van der Waals surface area contributed by atoms with Crippen molar-refractivity contribution in [2.75, 3.05) is 13.1 Å². The number of likely N-dealkylation sites (tertiary alicyclic amines) is 1. The van der Waals surface area contributed by atoms with Gasteiger partial charge in [0.2, 0.25) is 0 Å². The summed E-state index contributed by atoms with van der Waals surface area (Å²) in [6, 6.07) is 0. The smallest absolute Gasteiger partial charge is 0.410 e. The molecule has 94 valence electrons. The molecule has 1 saturated heterocycles. The molecule has 0 aromatic carbocycles. The Morgan fingerprint density at radius 2 is 2.06 bits per heavy atom. The number of rotatable bonds is 0. The Hall–Kier alpha value is -0.810. The average Bonchev–Trinajstić information content (AvgIpc) is 2.06. The summed E-state index contributed by atoms with van der Waals surface area (Å²) in [6.45, 7) is 7.41. The molecule has 0 aromatic rings. The highest BCUT2D eigenvalue weighted by molar-refractivity contribution is 5.68. The van der Waals surface area contributed by atoms with E-state index in [-0.39, 0.29) is 6.54 Å². The number of piperidine rings is 1. The molecule has 1 unspecified atom stereocenters. The summed E-state index contributed by atoms with van der Waals surface area (Å²) in [7, 11) is 0. The van der Waals surface area contributed by atoms with Crippen LogP contribution in [0.4, 0.5) is 4.79 Å². The van der Waals surface area contributed by atoms with E-state index in [4.69, 9.17) is 4.74 Å². The summed E-state index contributed by atoms with van der Waals surface area (Å²) in [5.74, 6) is 0. The number of amides is 1. The number of aliphatic hydroxyl groups excluding tert-OH is 1. The molecule has 2 atom stereocenters. The van der Waals surface area contributed by atoms with Crippen molar-refractivity contribution >= 4 is 6.09 Å². The predicted molar refractivity (Wildman–Crippen MR) is 59.1 cm³/mol. The topological polar surface area (TPSA) is 70.0 Å². The predicted octanol–water partition coefficient (Wildman–Crippen LogP) is 0.739. The largest absolute Gasteiger partial charge is 0.444 e. The average molecular weight is 231 g/mol. The van der Waals surface area contributed by atoms with Crippen molar-refractivity contribution in [1.29, 1.82) is 0 Å². The number of hydrogen-bond donors (Lipinski definition) is 2. The molecule has 0 saturated carbocycles. The van der Waals surface area contributed by atoms with E-state index in [2.05, 4.69) is 0 Å². The van der Waals surface area contributed by atoms with Crippen molar-refractivity contribution in [2.24, 2.45) is 0 Å². The van der Waals surface area contributed by atoms with Crippen molar-refractivity contribution in [3.8, 4) is 0 Å². The lowest BCUT2D eigenvalue weighted by Gasteiger charge is -2.40. The third kappa shape index (κ3) is 3.35. The molecular formula is C11H21NO4. The summed E-state index contributed by atoms with van der Waals surface area (Å²) < 4.78 is 5.20. The lowest BCUT2D eigenvalue weighted by atomic mass is 9.92. The van der Waals surface area contributed by atoms with Gasteiger partial charge in [-0.1, -0.05) is 0 Å². The number of ether oxygens (including phenoxy) is 1. The fourth-order valence-electron chi connectivity index (χ4n) is 1.64. The van der Waals surface area contributed by atoms with Gasteiger partial charge in [0.1, 0.15) is 11.2 Å². The molecule has 5 nitrogen and oxygen atoms in total. The molecule has 16 heavy (non-hydrogen) atoms. The number of nitrogens with zero attached hydrogens (tertiary/aromatic N) is 1.